The van der Waals surface area contributed by atoms with E-state index < -0.39 is 10.0 Å². The molecule has 1 aromatic heterocycles. The molecule has 0 radical (unpaired) electrons. The van der Waals surface area contributed by atoms with Crippen LogP contribution in [0.5, 0.6) is 0 Å². The Balaban J connectivity index is 2.21. The average Bonchev–Trinajstić information content (AvgIpc) is 2.83. The van der Waals surface area contributed by atoms with Crippen LogP contribution in [0.15, 0.2) is 51.8 Å². The first-order valence-electron chi connectivity index (χ1n) is 7.37. The summed E-state index contributed by atoms with van der Waals surface area (Å²) in [6.45, 7) is 4.01. The standard InChI is InChI=1S/C17H18N2O2S2/c1-4-13-6-5-7-15-16(13)19(3)17(22-15)18-23(20,21)14-10-8-12(2)9-11-14/h5-11H,4H2,1-3H3. The quantitative estimate of drug-likeness (QED) is 0.730. The van der Waals surface area contributed by atoms with Crippen LogP contribution in [0.1, 0.15) is 18.1 Å². The smallest absolute Gasteiger partial charge is 0.285 e. The molecule has 0 aliphatic heterocycles. The molecule has 0 bridgehead atoms. The van der Waals surface area contributed by atoms with Gasteiger partial charge < -0.3 is 4.57 Å². The molecule has 0 saturated heterocycles. The summed E-state index contributed by atoms with van der Waals surface area (Å²) in [6.07, 6.45) is 0.895. The SMILES string of the molecule is CCc1cccc2sc(=NS(=O)(=O)c3ccc(C)cc3)n(C)c12. The van der Waals surface area contributed by atoms with Gasteiger partial charge in [-0.1, -0.05) is 48.1 Å². The molecular weight excluding hydrogens is 328 g/mol. The van der Waals surface area contributed by atoms with Crippen LogP contribution in [0.25, 0.3) is 10.2 Å². The van der Waals surface area contributed by atoms with Gasteiger partial charge in [0.1, 0.15) is 0 Å². The summed E-state index contributed by atoms with van der Waals surface area (Å²) in [5.74, 6) is 0. The molecule has 2 aromatic carbocycles. The fourth-order valence-electron chi connectivity index (χ4n) is 2.52. The summed E-state index contributed by atoms with van der Waals surface area (Å²) in [6, 6.07) is 12.8. The molecule has 0 aliphatic carbocycles. The van der Waals surface area contributed by atoms with E-state index >= 15 is 0 Å². The van der Waals surface area contributed by atoms with E-state index in [4.69, 9.17) is 0 Å². The van der Waals surface area contributed by atoms with E-state index in [2.05, 4.69) is 17.4 Å². The predicted molar refractivity (Wildman–Crippen MR) is 94.1 cm³/mol. The highest BCUT2D eigenvalue weighted by molar-refractivity contribution is 7.90. The molecule has 0 spiro atoms. The molecule has 0 amide bonds. The van der Waals surface area contributed by atoms with E-state index in [9.17, 15) is 8.42 Å². The molecule has 23 heavy (non-hydrogen) atoms. The number of benzene rings is 2. The van der Waals surface area contributed by atoms with Crippen LogP contribution in [-0.2, 0) is 23.5 Å². The van der Waals surface area contributed by atoms with Crippen molar-refractivity contribution in [2.45, 2.75) is 25.2 Å². The molecule has 0 aliphatic rings. The molecule has 0 N–H and O–H groups in total. The topological polar surface area (TPSA) is 51.4 Å². The second kappa shape index (κ2) is 5.94. The molecule has 0 atom stereocenters. The second-order valence-electron chi connectivity index (χ2n) is 5.44. The van der Waals surface area contributed by atoms with Gasteiger partial charge in [-0.3, -0.25) is 0 Å². The maximum Gasteiger partial charge on any atom is 0.285 e. The molecule has 120 valence electrons. The van der Waals surface area contributed by atoms with Gasteiger partial charge in [0, 0.05) is 7.05 Å². The number of fused-ring (bicyclic) bond motifs is 1. The normalized spacial score (nSPS) is 12.9. The van der Waals surface area contributed by atoms with E-state index in [1.165, 1.54) is 16.9 Å². The molecule has 0 saturated carbocycles. The zero-order valence-electron chi connectivity index (χ0n) is 13.3. The predicted octanol–water partition coefficient (Wildman–Crippen LogP) is 3.40. The minimum absolute atomic E-state index is 0.219. The van der Waals surface area contributed by atoms with Crippen molar-refractivity contribution in [3.05, 3.63) is 58.4 Å². The highest BCUT2D eigenvalue weighted by Crippen LogP contribution is 2.22. The van der Waals surface area contributed by atoms with Crippen LogP contribution < -0.4 is 4.80 Å². The zero-order chi connectivity index (χ0) is 16.6. The Bertz CT molecular complexity index is 1030. The maximum absolute atomic E-state index is 12.5. The molecule has 3 aromatic rings. The molecule has 1 heterocycles. The molecule has 0 fully saturated rings. The van der Waals surface area contributed by atoms with Crippen molar-refractivity contribution in [1.29, 1.82) is 0 Å². The van der Waals surface area contributed by atoms with Crippen LogP contribution in [0.4, 0.5) is 0 Å². The number of aryl methyl sites for hydroxylation is 3. The first-order valence-corrected chi connectivity index (χ1v) is 9.63. The summed E-state index contributed by atoms with van der Waals surface area (Å²) in [5, 5.41) is 0. The first kappa shape index (κ1) is 16.0. The van der Waals surface area contributed by atoms with E-state index in [0.717, 1.165) is 22.2 Å². The number of hydrogen-bond acceptors (Lipinski definition) is 3. The average molecular weight is 346 g/mol. The number of para-hydroxylation sites is 1. The van der Waals surface area contributed by atoms with Gasteiger partial charge in [-0.2, -0.15) is 8.42 Å². The maximum atomic E-state index is 12.5. The van der Waals surface area contributed by atoms with Crippen LogP contribution in [0.2, 0.25) is 0 Å². The fourth-order valence-corrected chi connectivity index (χ4v) is 4.82. The monoisotopic (exact) mass is 346 g/mol. The van der Waals surface area contributed by atoms with Crippen molar-refractivity contribution >= 4 is 31.6 Å². The minimum atomic E-state index is -3.71. The lowest BCUT2D eigenvalue weighted by atomic mass is 10.1. The second-order valence-corrected chi connectivity index (χ2v) is 8.05. The molecule has 6 heteroatoms. The Morgan fingerprint density at radius 1 is 1.13 bits per heavy atom. The molecular formula is C17H18N2O2S2. The summed E-state index contributed by atoms with van der Waals surface area (Å²) < 4.78 is 32.0. The lowest BCUT2D eigenvalue weighted by Gasteiger charge is -2.02. The number of hydrogen-bond donors (Lipinski definition) is 0. The Labute approximate surface area is 139 Å². The minimum Gasteiger partial charge on any atom is -0.319 e. The van der Waals surface area contributed by atoms with Crippen LogP contribution in [0.3, 0.4) is 0 Å². The van der Waals surface area contributed by atoms with Crippen molar-refractivity contribution in [2.75, 3.05) is 0 Å². The number of thiazole rings is 1. The lowest BCUT2D eigenvalue weighted by Crippen LogP contribution is -2.14. The molecule has 4 nitrogen and oxygen atoms in total. The highest BCUT2D eigenvalue weighted by Gasteiger charge is 2.14. The van der Waals surface area contributed by atoms with Gasteiger partial charge in [0.15, 0.2) is 0 Å². The summed E-state index contributed by atoms with van der Waals surface area (Å²) in [4.78, 5) is 0.706. The first-order chi connectivity index (χ1) is 10.9. The number of nitrogens with zero attached hydrogens (tertiary/aromatic N) is 2. The third-order valence-electron chi connectivity index (χ3n) is 3.80. The number of aromatic nitrogens is 1. The van der Waals surface area contributed by atoms with E-state index in [-0.39, 0.29) is 4.90 Å². The van der Waals surface area contributed by atoms with Gasteiger partial charge in [-0.05, 0) is 37.1 Å². The Morgan fingerprint density at radius 2 is 1.83 bits per heavy atom. The van der Waals surface area contributed by atoms with Crippen LogP contribution in [0, 0.1) is 6.92 Å². The Hall–Kier alpha value is -1.92. The van der Waals surface area contributed by atoms with E-state index in [1.54, 1.807) is 24.3 Å². The number of rotatable bonds is 3. The van der Waals surface area contributed by atoms with E-state index in [1.807, 2.05) is 30.7 Å². The van der Waals surface area contributed by atoms with Crippen molar-refractivity contribution in [3.8, 4) is 0 Å². The fraction of sp³-hybridized carbons (Fsp3) is 0.235. The Kier molecular flexibility index (Phi) is 4.12. The largest absolute Gasteiger partial charge is 0.319 e. The summed E-state index contributed by atoms with van der Waals surface area (Å²) in [5.41, 5.74) is 3.26. The molecule has 3 rings (SSSR count). The molecule has 0 unspecified atom stereocenters. The Morgan fingerprint density at radius 3 is 2.48 bits per heavy atom. The number of sulfonamides is 1. The lowest BCUT2D eigenvalue weighted by molar-refractivity contribution is 0.596. The van der Waals surface area contributed by atoms with Crippen molar-refractivity contribution < 1.29 is 8.42 Å². The van der Waals surface area contributed by atoms with Crippen LogP contribution >= 0.6 is 11.3 Å². The summed E-state index contributed by atoms with van der Waals surface area (Å²) >= 11 is 1.40. The van der Waals surface area contributed by atoms with Gasteiger partial charge in [0.05, 0.1) is 15.1 Å². The van der Waals surface area contributed by atoms with Gasteiger partial charge in [-0.25, -0.2) is 0 Å². The van der Waals surface area contributed by atoms with Crippen molar-refractivity contribution in [1.82, 2.24) is 4.57 Å². The highest BCUT2D eigenvalue weighted by atomic mass is 32.2. The summed E-state index contributed by atoms with van der Waals surface area (Å²) in [7, 11) is -1.84. The van der Waals surface area contributed by atoms with Gasteiger partial charge >= 0.3 is 0 Å². The van der Waals surface area contributed by atoms with Gasteiger partial charge in [0.25, 0.3) is 10.0 Å². The zero-order valence-corrected chi connectivity index (χ0v) is 14.9. The third-order valence-corrected chi connectivity index (χ3v) is 6.30. The third kappa shape index (κ3) is 2.96. The van der Waals surface area contributed by atoms with Crippen molar-refractivity contribution in [3.63, 3.8) is 0 Å². The van der Waals surface area contributed by atoms with E-state index in [0.29, 0.717) is 4.80 Å². The van der Waals surface area contributed by atoms with Crippen LogP contribution in [-0.4, -0.2) is 13.0 Å². The van der Waals surface area contributed by atoms with Gasteiger partial charge in [0.2, 0.25) is 4.80 Å². The van der Waals surface area contributed by atoms with Gasteiger partial charge in [-0.15, -0.1) is 4.40 Å². The van der Waals surface area contributed by atoms with Crippen molar-refractivity contribution in [2.24, 2.45) is 11.4 Å².